The molecule has 4 aliphatic rings. The number of thiocarbonyl (C=S) groups is 1. The van der Waals surface area contributed by atoms with Gasteiger partial charge in [-0.25, -0.2) is 9.59 Å². The predicted octanol–water partition coefficient (Wildman–Crippen LogP) is 4.07. The van der Waals surface area contributed by atoms with Crippen LogP contribution in [-0.2, 0) is 33.4 Å². The highest BCUT2D eigenvalue weighted by Gasteiger charge is 2.51. The minimum atomic E-state index is -1.09. The minimum absolute atomic E-state index is 0.0768. The molecule has 3 aliphatic heterocycles. The van der Waals surface area contributed by atoms with Crippen LogP contribution in [0.3, 0.4) is 0 Å². The molecule has 5 rings (SSSR count). The molecule has 3 heterocycles. The van der Waals surface area contributed by atoms with E-state index in [9.17, 15) is 24.0 Å². The van der Waals surface area contributed by atoms with Gasteiger partial charge < -0.3 is 14.2 Å². The Morgan fingerprint density at radius 3 is 2.00 bits per heavy atom. The van der Waals surface area contributed by atoms with Gasteiger partial charge in [-0.1, -0.05) is 48.6 Å². The average molecular weight is 631 g/mol. The van der Waals surface area contributed by atoms with Crippen LogP contribution in [-0.4, -0.2) is 72.8 Å². The number of amides is 3. The van der Waals surface area contributed by atoms with Crippen molar-refractivity contribution in [1.29, 1.82) is 0 Å². The Morgan fingerprint density at radius 2 is 1.50 bits per heavy atom. The van der Waals surface area contributed by atoms with Crippen LogP contribution >= 0.6 is 35.7 Å². The summed E-state index contributed by atoms with van der Waals surface area (Å²) in [6, 6.07) is 5.17. The predicted molar refractivity (Wildman–Crippen MR) is 162 cm³/mol. The summed E-state index contributed by atoms with van der Waals surface area (Å²) in [7, 11) is 3.96. The first-order valence-corrected chi connectivity index (χ1v) is 15.4. The summed E-state index contributed by atoms with van der Waals surface area (Å²) in [6.45, 7) is 3.18. The zero-order valence-corrected chi connectivity index (χ0v) is 26.3. The minimum Gasteiger partial charge on any atom is -0.497 e. The first-order valence-electron chi connectivity index (χ1n) is 13.4. The molecule has 0 aromatic heterocycles. The van der Waals surface area contributed by atoms with Gasteiger partial charge in [0, 0.05) is 11.1 Å². The second-order valence-corrected chi connectivity index (χ2v) is 13.5. The Labute approximate surface area is 257 Å². The normalized spacial score (nSPS) is 23.2. The summed E-state index contributed by atoms with van der Waals surface area (Å²) in [5.74, 6) is -2.63. The number of esters is 2. The average Bonchev–Trinajstić information content (AvgIpc) is 3.52. The lowest BCUT2D eigenvalue weighted by Crippen LogP contribution is -2.58. The van der Waals surface area contributed by atoms with Crippen LogP contribution in [0, 0.1) is 11.8 Å². The van der Waals surface area contributed by atoms with Crippen molar-refractivity contribution in [2.75, 3.05) is 32.8 Å². The molecule has 222 valence electrons. The van der Waals surface area contributed by atoms with Gasteiger partial charge in [0.15, 0.2) is 0 Å². The molecule has 10 nitrogen and oxygen atoms in total. The third-order valence-electron chi connectivity index (χ3n) is 8.07. The van der Waals surface area contributed by atoms with Gasteiger partial charge in [0.1, 0.15) is 22.1 Å². The Balaban J connectivity index is 1.58. The molecule has 0 spiro atoms. The van der Waals surface area contributed by atoms with E-state index in [0.717, 1.165) is 41.3 Å². The third-order valence-corrected chi connectivity index (χ3v) is 11.3. The molecule has 0 unspecified atom stereocenters. The number of ether oxygens (including phenoxy) is 3. The van der Waals surface area contributed by atoms with Crippen molar-refractivity contribution in [3.63, 3.8) is 0 Å². The van der Waals surface area contributed by atoms with Gasteiger partial charge >= 0.3 is 11.9 Å². The molecule has 1 saturated heterocycles. The maximum absolute atomic E-state index is 14.0. The van der Waals surface area contributed by atoms with Crippen LogP contribution in [0.4, 0.5) is 5.69 Å². The Bertz CT molecular complexity index is 1440. The number of methoxy groups -OCH3 is 3. The third kappa shape index (κ3) is 4.84. The number of hydrogen-bond acceptors (Lipinski definition) is 11. The number of benzene rings is 1. The number of rotatable bonds is 5. The zero-order chi connectivity index (χ0) is 30.5. The van der Waals surface area contributed by atoms with E-state index >= 15 is 0 Å². The SMILES string of the molecule is COC(=O)C1=C(C(=O)OC)SC(=C2C(=S)C(C)(C)N(C(=O)CN3C(=O)[C@H]4CCCC[C@H]4C3=O)c3ccc(OC)cc32)S1. The van der Waals surface area contributed by atoms with Gasteiger partial charge in [0.25, 0.3) is 0 Å². The van der Waals surface area contributed by atoms with E-state index in [2.05, 4.69) is 0 Å². The lowest BCUT2D eigenvalue weighted by atomic mass is 9.81. The van der Waals surface area contributed by atoms with E-state index in [1.807, 2.05) is 0 Å². The molecule has 2 fully saturated rings. The number of anilines is 1. The van der Waals surface area contributed by atoms with Crippen molar-refractivity contribution in [1.82, 2.24) is 4.90 Å². The standard InChI is InChI=1S/C29H30N2O8S3/c1-29(2)23(40)20(28-41-21(26(35)38-4)22(42-28)27(36)39-5)17-12-14(37-3)10-11-18(17)31(29)19(32)13-30-24(33)15-8-6-7-9-16(15)25(30)34/h10-12,15-16H,6-9,13H2,1-5H3/t15-,16+. The van der Waals surface area contributed by atoms with E-state index in [1.54, 1.807) is 32.0 Å². The lowest BCUT2D eigenvalue weighted by molar-refractivity contribution is -0.143. The molecule has 0 N–H and O–H groups in total. The Morgan fingerprint density at radius 1 is 0.952 bits per heavy atom. The van der Waals surface area contributed by atoms with Crippen LogP contribution in [0.2, 0.25) is 0 Å². The largest absolute Gasteiger partial charge is 0.497 e. The number of carbonyl (C=O) groups excluding carboxylic acids is 5. The first kappa shape index (κ1) is 30.3. The van der Waals surface area contributed by atoms with Crippen molar-refractivity contribution in [3.05, 3.63) is 37.8 Å². The molecule has 0 radical (unpaired) electrons. The number of imide groups is 1. The van der Waals surface area contributed by atoms with Crippen LogP contribution in [0.25, 0.3) is 5.57 Å². The summed E-state index contributed by atoms with van der Waals surface area (Å²) in [6.07, 6.45) is 3.09. The molecule has 3 amide bonds. The van der Waals surface area contributed by atoms with E-state index < -0.39 is 29.9 Å². The lowest BCUT2D eigenvalue weighted by Gasteiger charge is -2.45. The number of thioether (sulfide) groups is 2. The van der Waals surface area contributed by atoms with E-state index in [1.165, 1.54) is 26.2 Å². The fraction of sp³-hybridized carbons (Fsp3) is 0.448. The van der Waals surface area contributed by atoms with E-state index in [-0.39, 0.29) is 33.5 Å². The highest BCUT2D eigenvalue weighted by atomic mass is 32.2. The smallest absolute Gasteiger partial charge is 0.346 e. The summed E-state index contributed by atoms with van der Waals surface area (Å²) >= 11 is 8.11. The molecule has 42 heavy (non-hydrogen) atoms. The van der Waals surface area contributed by atoms with Crippen molar-refractivity contribution in [2.24, 2.45) is 11.8 Å². The van der Waals surface area contributed by atoms with Crippen LogP contribution in [0.1, 0.15) is 45.1 Å². The van der Waals surface area contributed by atoms with Crippen molar-refractivity contribution < 1.29 is 38.2 Å². The monoisotopic (exact) mass is 630 g/mol. The van der Waals surface area contributed by atoms with Gasteiger partial charge in [-0.2, -0.15) is 0 Å². The van der Waals surface area contributed by atoms with Crippen LogP contribution < -0.4 is 9.64 Å². The molecular weight excluding hydrogens is 601 g/mol. The summed E-state index contributed by atoms with van der Waals surface area (Å²) in [5, 5.41) is 0. The van der Waals surface area contributed by atoms with Crippen molar-refractivity contribution in [2.45, 2.75) is 45.1 Å². The van der Waals surface area contributed by atoms with Gasteiger partial charge in [0.2, 0.25) is 17.7 Å². The molecular formula is C29H30N2O8S3. The maximum Gasteiger partial charge on any atom is 0.346 e. The van der Waals surface area contributed by atoms with Crippen molar-refractivity contribution >= 4 is 81.5 Å². The van der Waals surface area contributed by atoms with Gasteiger partial charge in [-0.05, 0) is 44.9 Å². The molecule has 0 bridgehead atoms. The molecule has 13 heteroatoms. The van der Waals surface area contributed by atoms with Crippen LogP contribution in [0.15, 0.2) is 32.2 Å². The van der Waals surface area contributed by atoms with Crippen LogP contribution in [0.5, 0.6) is 5.75 Å². The molecule has 1 aliphatic carbocycles. The summed E-state index contributed by atoms with van der Waals surface area (Å²) < 4.78 is 15.8. The molecule has 1 aromatic carbocycles. The van der Waals surface area contributed by atoms with Gasteiger partial charge in [-0.3, -0.25) is 24.2 Å². The zero-order valence-electron chi connectivity index (χ0n) is 23.8. The topological polar surface area (TPSA) is 120 Å². The molecule has 2 atom stereocenters. The Hall–Kier alpha value is -3.16. The second-order valence-electron chi connectivity index (χ2n) is 10.8. The molecule has 1 aromatic rings. The van der Waals surface area contributed by atoms with Gasteiger partial charge in [0.05, 0.1) is 53.5 Å². The first-order chi connectivity index (χ1) is 20.0. The fourth-order valence-electron chi connectivity index (χ4n) is 5.96. The van der Waals surface area contributed by atoms with E-state index in [4.69, 9.17) is 26.4 Å². The summed E-state index contributed by atoms with van der Waals surface area (Å²) in [5.41, 5.74) is 0.508. The second kappa shape index (κ2) is 11.5. The fourth-order valence-corrected chi connectivity index (χ4v) is 9.00. The summed E-state index contributed by atoms with van der Waals surface area (Å²) in [4.78, 5) is 68.7. The quantitative estimate of drug-likeness (QED) is 0.203. The van der Waals surface area contributed by atoms with E-state index in [0.29, 0.717) is 44.5 Å². The number of hydrogen-bond donors (Lipinski definition) is 0. The maximum atomic E-state index is 14.0. The highest BCUT2D eigenvalue weighted by Crippen LogP contribution is 2.56. The van der Waals surface area contributed by atoms with Crippen molar-refractivity contribution in [3.8, 4) is 5.75 Å². The Kier molecular flexibility index (Phi) is 8.29. The number of nitrogens with zero attached hydrogens (tertiary/aromatic N) is 2. The molecule has 1 saturated carbocycles. The number of carbonyl (C=O) groups is 5. The number of likely N-dealkylation sites (tertiary alicyclic amines) is 1. The highest BCUT2D eigenvalue weighted by molar-refractivity contribution is 8.29. The van der Waals surface area contributed by atoms with Gasteiger partial charge in [-0.15, -0.1) is 0 Å². The number of fused-ring (bicyclic) bond motifs is 2.